The Morgan fingerprint density at radius 1 is 1.20 bits per heavy atom. The molecule has 3 aromatic rings. The summed E-state index contributed by atoms with van der Waals surface area (Å²) in [6.45, 7) is 9.16. The summed E-state index contributed by atoms with van der Waals surface area (Å²) in [5.41, 5.74) is 7.95. The second kappa shape index (κ2) is 12.7. The predicted molar refractivity (Wildman–Crippen MR) is 157 cm³/mol. The molecule has 2 aromatic heterocycles. The van der Waals surface area contributed by atoms with Gasteiger partial charge in [0.2, 0.25) is 5.91 Å². The number of fused-ring (bicyclic) bond motifs is 2. The van der Waals surface area contributed by atoms with Crippen LogP contribution in [0, 0.1) is 0 Å². The van der Waals surface area contributed by atoms with Crippen LogP contribution in [0.2, 0.25) is 0 Å². The molecule has 0 spiro atoms. The van der Waals surface area contributed by atoms with Crippen LogP contribution >= 0.6 is 11.3 Å². The van der Waals surface area contributed by atoms with Crippen molar-refractivity contribution in [1.82, 2.24) is 19.8 Å². The summed E-state index contributed by atoms with van der Waals surface area (Å²) in [7, 11) is 0. The van der Waals surface area contributed by atoms with Gasteiger partial charge in [-0.3, -0.25) is 19.1 Å². The zero-order chi connectivity index (χ0) is 28.9. The van der Waals surface area contributed by atoms with Crippen molar-refractivity contribution in [3.63, 3.8) is 0 Å². The number of hydrogen-bond donors (Lipinski definition) is 2. The largest absolute Gasteiger partial charge is 0.444 e. The van der Waals surface area contributed by atoms with Crippen LogP contribution in [0.1, 0.15) is 79.6 Å². The number of nitrogens with two attached hydrogens (primary N) is 1. The number of unbranched alkanes of at least 4 members (excludes halogenated alkanes) is 1. The number of rotatable bonds is 6. The van der Waals surface area contributed by atoms with Crippen LogP contribution in [0.5, 0.6) is 0 Å². The first-order valence-corrected chi connectivity index (χ1v) is 14.6. The van der Waals surface area contributed by atoms with Gasteiger partial charge in [0.25, 0.3) is 5.56 Å². The molecule has 0 radical (unpaired) electrons. The molecule has 0 aliphatic carbocycles. The summed E-state index contributed by atoms with van der Waals surface area (Å²) in [5, 5.41) is 2.93. The molecule has 214 valence electrons. The fourth-order valence-electron chi connectivity index (χ4n) is 4.79. The van der Waals surface area contributed by atoms with Gasteiger partial charge in [-0.25, -0.2) is 9.78 Å². The van der Waals surface area contributed by atoms with Crippen LogP contribution in [0.4, 0.5) is 10.6 Å². The van der Waals surface area contributed by atoms with E-state index in [2.05, 4.69) is 47.6 Å². The van der Waals surface area contributed by atoms with Crippen molar-refractivity contribution < 1.29 is 14.3 Å². The highest BCUT2D eigenvalue weighted by Crippen LogP contribution is 2.32. The van der Waals surface area contributed by atoms with Gasteiger partial charge in [0.1, 0.15) is 11.6 Å². The molecule has 5 rings (SSSR count). The lowest BCUT2D eigenvalue weighted by Gasteiger charge is -2.24. The Hall–Kier alpha value is -3.66. The molecule has 3 N–H and O–H groups in total. The van der Waals surface area contributed by atoms with Gasteiger partial charge in [0.05, 0.1) is 19.6 Å². The van der Waals surface area contributed by atoms with Crippen molar-refractivity contribution in [2.24, 2.45) is 0 Å². The maximum atomic E-state index is 12.7. The number of aryl methyl sites for hydroxylation is 2. The van der Waals surface area contributed by atoms with E-state index in [4.69, 9.17) is 10.5 Å². The van der Waals surface area contributed by atoms with Crippen molar-refractivity contribution in [3.8, 4) is 0 Å². The zero-order valence-electron chi connectivity index (χ0n) is 23.7. The van der Waals surface area contributed by atoms with Crippen molar-refractivity contribution in [2.45, 2.75) is 91.1 Å². The number of nitrogens with one attached hydrogen (secondary N) is 1. The second-order valence-corrected chi connectivity index (χ2v) is 12.4. The smallest absolute Gasteiger partial charge is 0.410 e. The molecule has 2 aliphatic rings. The van der Waals surface area contributed by atoms with E-state index in [1.165, 1.54) is 29.4 Å². The molecule has 2 aliphatic heterocycles. The van der Waals surface area contributed by atoms with E-state index in [0.717, 1.165) is 21.0 Å². The van der Waals surface area contributed by atoms with Crippen LogP contribution in [0.3, 0.4) is 0 Å². The normalized spacial score (nSPS) is 15.6. The molecule has 1 atom stereocenters. The number of ether oxygens (including phenoxy) is 1. The van der Waals surface area contributed by atoms with E-state index in [-0.39, 0.29) is 17.8 Å². The molecule has 1 aromatic carbocycles. The number of thiophene rings is 1. The lowest BCUT2D eigenvalue weighted by molar-refractivity contribution is -0.124. The van der Waals surface area contributed by atoms with Gasteiger partial charge < -0.3 is 15.8 Å². The van der Waals surface area contributed by atoms with E-state index in [1.54, 1.807) is 22.4 Å². The molecular formula is C30H39N5O4S. The van der Waals surface area contributed by atoms with Crippen LogP contribution in [-0.4, -0.2) is 32.1 Å². The summed E-state index contributed by atoms with van der Waals surface area (Å²) < 4.78 is 6.88. The van der Waals surface area contributed by atoms with Crippen LogP contribution in [-0.2, 0) is 42.0 Å². The zero-order valence-corrected chi connectivity index (χ0v) is 24.6. The summed E-state index contributed by atoms with van der Waals surface area (Å²) in [6, 6.07) is 12.1. The molecule has 9 nitrogen and oxygen atoms in total. The fraction of sp³-hybridized carbons (Fsp3) is 0.467. The van der Waals surface area contributed by atoms with Crippen LogP contribution in [0.15, 0.2) is 47.4 Å². The summed E-state index contributed by atoms with van der Waals surface area (Å²) in [4.78, 5) is 44.9. The SMILES string of the molecule is CC(C)(C)OC(=O)N1Cc2cc(CNC(=O)C3CCc4cnc(N)c(=O)n43)sc2C1.CCCCc1ccccc1. The van der Waals surface area contributed by atoms with Crippen LogP contribution in [0.25, 0.3) is 0 Å². The van der Waals surface area contributed by atoms with Gasteiger partial charge in [0, 0.05) is 21.6 Å². The highest BCUT2D eigenvalue weighted by Gasteiger charge is 2.31. The molecule has 0 saturated carbocycles. The number of carbonyl (C=O) groups excluding carboxylic acids is 2. The molecule has 1 unspecified atom stereocenters. The van der Waals surface area contributed by atoms with E-state index in [9.17, 15) is 14.4 Å². The number of nitrogen functional groups attached to an aromatic ring is 1. The Labute approximate surface area is 239 Å². The monoisotopic (exact) mass is 565 g/mol. The van der Waals surface area contributed by atoms with Gasteiger partial charge in [-0.05, 0) is 63.6 Å². The third-order valence-corrected chi connectivity index (χ3v) is 7.94. The molecule has 0 bridgehead atoms. The summed E-state index contributed by atoms with van der Waals surface area (Å²) in [5.74, 6) is -0.298. The number of amides is 2. The van der Waals surface area contributed by atoms with Crippen molar-refractivity contribution in [3.05, 3.63) is 79.5 Å². The number of hydrogen-bond acceptors (Lipinski definition) is 7. The average Bonchev–Trinajstić information content (AvgIpc) is 3.62. The highest BCUT2D eigenvalue weighted by atomic mass is 32.1. The quantitative estimate of drug-likeness (QED) is 0.436. The van der Waals surface area contributed by atoms with E-state index in [1.807, 2.05) is 26.8 Å². The Morgan fingerprint density at radius 2 is 1.95 bits per heavy atom. The summed E-state index contributed by atoms with van der Waals surface area (Å²) >= 11 is 1.57. The van der Waals surface area contributed by atoms with E-state index < -0.39 is 17.2 Å². The molecule has 4 heterocycles. The molecule has 2 amide bonds. The van der Waals surface area contributed by atoms with Gasteiger partial charge in [-0.2, -0.15) is 0 Å². The van der Waals surface area contributed by atoms with Crippen LogP contribution < -0.4 is 16.6 Å². The lowest BCUT2D eigenvalue weighted by atomic mass is 10.1. The van der Waals surface area contributed by atoms with Crippen molar-refractivity contribution in [1.29, 1.82) is 0 Å². The van der Waals surface area contributed by atoms with Gasteiger partial charge in [-0.1, -0.05) is 43.7 Å². The first-order valence-electron chi connectivity index (χ1n) is 13.8. The molecule has 10 heteroatoms. The van der Waals surface area contributed by atoms with Crippen molar-refractivity contribution >= 4 is 29.2 Å². The third-order valence-electron chi connectivity index (χ3n) is 6.78. The Kier molecular flexibility index (Phi) is 9.29. The maximum Gasteiger partial charge on any atom is 0.410 e. The van der Waals surface area contributed by atoms with E-state index >= 15 is 0 Å². The van der Waals surface area contributed by atoms with Crippen molar-refractivity contribution in [2.75, 3.05) is 5.73 Å². The molecular weight excluding hydrogens is 526 g/mol. The maximum absolute atomic E-state index is 12.7. The number of anilines is 1. The number of aromatic nitrogens is 2. The first kappa shape index (κ1) is 29.3. The minimum atomic E-state index is -0.563. The Balaban J connectivity index is 0.000000312. The average molecular weight is 566 g/mol. The number of benzene rings is 1. The number of nitrogens with zero attached hydrogens (tertiary/aromatic N) is 3. The minimum Gasteiger partial charge on any atom is -0.444 e. The minimum absolute atomic E-state index is 0.0947. The van der Waals surface area contributed by atoms with Gasteiger partial charge in [0.15, 0.2) is 5.82 Å². The van der Waals surface area contributed by atoms with E-state index in [0.29, 0.717) is 32.5 Å². The molecule has 40 heavy (non-hydrogen) atoms. The topological polar surface area (TPSA) is 120 Å². The molecule has 0 fully saturated rings. The Bertz CT molecular complexity index is 1370. The van der Waals surface area contributed by atoms with Gasteiger partial charge >= 0.3 is 6.09 Å². The second-order valence-electron chi connectivity index (χ2n) is 11.2. The summed E-state index contributed by atoms with van der Waals surface area (Å²) in [6.07, 6.45) is 6.24. The number of carbonyl (C=O) groups is 2. The lowest BCUT2D eigenvalue weighted by Crippen LogP contribution is -2.36. The standard InChI is InChI=1S/C20H25N5O4S.C10H14/c1-20(2,3)29-19(28)24-9-11-6-13(30-15(11)10-24)8-23-17(26)14-5-4-12-7-22-16(21)18(27)25(12)14;1-2-3-7-10-8-5-4-6-9-10/h6-7,14H,4-5,8-10H2,1-3H3,(H2,21,22)(H,23,26);4-6,8-9H,2-3,7H2,1H3. The predicted octanol–water partition coefficient (Wildman–Crippen LogP) is 4.97. The molecule has 0 saturated heterocycles. The third kappa shape index (κ3) is 7.29. The Morgan fingerprint density at radius 3 is 2.62 bits per heavy atom. The highest BCUT2D eigenvalue weighted by molar-refractivity contribution is 7.12. The first-order chi connectivity index (χ1) is 19.1. The van der Waals surface area contributed by atoms with Gasteiger partial charge in [-0.15, -0.1) is 11.3 Å². The fourth-order valence-corrected chi connectivity index (χ4v) is 5.93.